The summed E-state index contributed by atoms with van der Waals surface area (Å²) < 4.78 is 0. The Bertz CT molecular complexity index is 797. The van der Waals surface area contributed by atoms with Crippen LogP contribution in [0.15, 0.2) is 9.98 Å². The van der Waals surface area contributed by atoms with E-state index in [0.29, 0.717) is 45.6 Å². The first-order valence-electron chi connectivity index (χ1n) is 15.8. The summed E-state index contributed by atoms with van der Waals surface area (Å²) in [4.78, 5) is 46.5. The topological polar surface area (TPSA) is 228 Å². The van der Waals surface area contributed by atoms with Gasteiger partial charge in [-0.15, -0.1) is 0 Å². The molecule has 0 aliphatic rings. The third-order valence-corrected chi connectivity index (χ3v) is 6.63. The summed E-state index contributed by atoms with van der Waals surface area (Å²) in [6.45, 7) is 8.74. The summed E-state index contributed by atoms with van der Waals surface area (Å²) >= 11 is 0. The van der Waals surface area contributed by atoms with Crippen LogP contribution < -0.4 is 44.2 Å². The molecular weight excluding hydrogens is 536 g/mol. The van der Waals surface area contributed by atoms with E-state index in [4.69, 9.17) is 22.9 Å². The largest absolute Gasteiger partial charge is 0.370 e. The Morgan fingerprint density at radius 2 is 1.24 bits per heavy atom. The minimum atomic E-state index is -0.630. The van der Waals surface area contributed by atoms with Crippen LogP contribution in [-0.4, -0.2) is 74.4 Å². The van der Waals surface area contributed by atoms with Crippen LogP contribution in [0.5, 0.6) is 0 Å². The molecule has 0 aliphatic carbocycles. The number of nitrogens with two attached hydrogens (primary N) is 4. The Balaban J connectivity index is 4.83. The second-order valence-electron chi connectivity index (χ2n) is 11.2. The maximum atomic E-state index is 13.3. The molecule has 3 amide bonds. The molecule has 13 heteroatoms. The molecule has 0 aromatic rings. The fraction of sp³-hybridized carbons (Fsp3) is 0.828. The van der Waals surface area contributed by atoms with E-state index in [1.54, 1.807) is 0 Å². The number of carbonyl (C=O) groups excluding carboxylic acids is 3. The average Bonchev–Trinajstić information content (AvgIpc) is 2.92. The number of guanidine groups is 2. The second-order valence-corrected chi connectivity index (χ2v) is 11.2. The van der Waals surface area contributed by atoms with Crippen molar-refractivity contribution >= 4 is 29.6 Å². The van der Waals surface area contributed by atoms with Crippen molar-refractivity contribution in [2.45, 2.75) is 116 Å². The lowest BCUT2D eigenvalue weighted by Crippen LogP contribution is -2.53. The van der Waals surface area contributed by atoms with Crippen LogP contribution in [0, 0.1) is 5.92 Å². The zero-order valence-corrected chi connectivity index (χ0v) is 26.4. The molecular formula is C29H60N10O3. The van der Waals surface area contributed by atoms with Crippen LogP contribution in [0.1, 0.15) is 104 Å². The standard InChI is InChI=1S/C29H60N10O3/c1-4-5-6-7-9-14-23(34-20-15-25(40)35-16-10-8-11-18-37-28(30)31)27(42)39-24(21-22(2)3)26(41)36-17-12-13-19-38-29(32)33/h22-24,34H,4-21H2,1-3H3,(H,35,40)(H,36,41)(H,39,42)(H4,30,31,37)(H4,32,33,38)/t23-,24-/m0/s1. The van der Waals surface area contributed by atoms with Gasteiger partial charge in [0.05, 0.1) is 6.04 Å². The fourth-order valence-electron chi connectivity index (χ4n) is 4.33. The van der Waals surface area contributed by atoms with Gasteiger partial charge in [-0.3, -0.25) is 24.4 Å². The van der Waals surface area contributed by atoms with Crippen LogP contribution >= 0.6 is 0 Å². The van der Waals surface area contributed by atoms with Crippen LogP contribution in [0.25, 0.3) is 0 Å². The number of aliphatic imine (C=N–C) groups is 2. The summed E-state index contributed by atoms with van der Waals surface area (Å²) in [5.74, 6) is -0.0993. The predicted octanol–water partition coefficient (Wildman–Crippen LogP) is 0.956. The van der Waals surface area contributed by atoms with Crippen LogP contribution in [0.4, 0.5) is 0 Å². The van der Waals surface area contributed by atoms with Gasteiger partial charge in [0, 0.05) is 39.1 Å². The van der Waals surface area contributed by atoms with E-state index >= 15 is 0 Å². The summed E-state index contributed by atoms with van der Waals surface area (Å²) in [5.41, 5.74) is 21.3. The predicted molar refractivity (Wildman–Crippen MR) is 172 cm³/mol. The molecule has 2 atom stereocenters. The molecule has 0 heterocycles. The number of hydrogen-bond acceptors (Lipinski definition) is 6. The van der Waals surface area contributed by atoms with Crippen molar-refractivity contribution in [1.29, 1.82) is 0 Å². The van der Waals surface area contributed by atoms with Gasteiger partial charge in [-0.1, -0.05) is 52.9 Å². The molecule has 0 aliphatic heterocycles. The number of nitrogens with zero attached hydrogens (tertiary/aromatic N) is 2. The fourth-order valence-corrected chi connectivity index (χ4v) is 4.33. The molecule has 0 aromatic carbocycles. The first-order chi connectivity index (χ1) is 20.1. The molecule has 0 bridgehead atoms. The van der Waals surface area contributed by atoms with Crippen molar-refractivity contribution in [3.05, 3.63) is 0 Å². The molecule has 0 saturated heterocycles. The highest BCUT2D eigenvalue weighted by Gasteiger charge is 2.26. The van der Waals surface area contributed by atoms with Crippen molar-refractivity contribution in [1.82, 2.24) is 21.3 Å². The van der Waals surface area contributed by atoms with Gasteiger partial charge in [-0.05, 0) is 50.9 Å². The zero-order valence-electron chi connectivity index (χ0n) is 26.4. The highest BCUT2D eigenvalue weighted by Crippen LogP contribution is 2.10. The first-order valence-corrected chi connectivity index (χ1v) is 15.8. The van der Waals surface area contributed by atoms with Crippen molar-refractivity contribution < 1.29 is 14.4 Å². The van der Waals surface area contributed by atoms with Gasteiger partial charge in [-0.2, -0.15) is 0 Å². The highest BCUT2D eigenvalue weighted by atomic mass is 16.2. The van der Waals surface area contributed by atoms with E-state index in [0.717, 1.165) is 57.8 Å². The zero-order chi connectivity index (χ0) is 31.6. The lowest BCUT2D eigenvalue weighted by molar-refractivity contribution is -0.130. The third kappa shape index (κ3) is 23.6. The van der Waals surface area contributed by atoms with E-state index in [-0.39, 0.29) is 42.0 Å². The van der Waals surface area contributed by atoms with Crippen LogP contribution in [0.3, 0.4) is 0 Å². The van der Waals surface area contributed by atoms with Gasteiger partial charge >= 0.3 is 0 Å². The summed E-state index contributed by atoms with van der Waals surface area (Å²) in [5, 5.41) is 12.1. The number of unbranched alkanes of at least 4 members (excludes halogenated alkanes) is 7. The molecule has 42 heavy (non-hydrogen) atoms. The summed E-state index contributed by atoms with van der Waals surface area (Å²) in [7, 11) is 0. The Labute approximate surface area is 253 Å². The maximum Gasteiger partial charge on any atom is 0.242 e. The number of amides is 3. The van der Waals surface area contributed by atoms with E-state index in [2.05, 4.69) is 38.2 Å². The lowest BCUT2D eigenvalue weighted by atomic mass is 10.0. The maximum absolute atomic E-state index is 13.3. The molecule has 0 rings (SSSR count). The van der Waals surface area contributed by atoms with Crippen molar-refractivity contribution in [3.63, 3.8) is 0 Å². The first kappa shape index (κ1) is 38.9. The van der Waals surface area contributed by atoms with E-state index < -0.39 is 12.1 Å². The third-order valence-electron chi connectivity index (χ3n) is 6.63. The molecule has 244 valence electrons. The molecule has 12 N–H and O–H groups in total. The molecule has 0 saturated carbocycles. The minimum absolute atomic E-state index is 0.0557. The van der Waals surface area contributed by atoms with Gasteiger partial charge in [0.1, 0.15) is 6.04 Å². The SMILES string of the molecule is CCCCCCC[C@H](NCCC(=O)NCCCCCN=C(N)N)C(=O)N[C@@H](CC(C)C)C(=O)NCCCCN=C(N)N. The Kier molecular flexibility index (Phi) is 23.7. The van der Waals surface area contributed by atoms with Crippen LogP contribution in [-0.2, 0) is 14.4 Å². The van der Waals surface area contributed by atoms with Gasteiger partial charge < -0.3 is 44.2 Å². The monoisotopic (exact) mass is 596 g/mol. The quantitative estimate of drug-likeness (QED) is 0.0406. The summed E-state index contributed by atoms with van der Waals surface area (Å²) in [6, 6.07) is -1.10. The Morgan fingerprint density at radius 1 is 0.667 bits per heavy atom. The van der Waals surface area contributed by atoms with Crippen molar-refractivity contribution in [2.75, 3.05) is 32.7 Å². The number of nitrogens with one attached hydrogen (secondary N) is 4. The van der Waals surface area contributed by atoms with E-state index in [9.17, 15) is 14.4 Å². The minimum Gasteiger partial charge on any atom is -0.370 e. The summed E-state index contributed by atoms with van der Waals surface area (Å²) in [6.07, 6.45) is 10.9. The molecule has 0 spiro atoms. The number of rotatable bonds is 26. The van der Waals surface area contributed by atoms with Crippen molar-refractivity contribution in [2.24, 2.45) is 38.8 Å². The smallest absolute Gasteiger partial charge is 0.242 e. The van der Waals surface area contributed by atoms with E-state index in [1.165, 1.54) is 6.42 Å². The number of hydrogen-bond donors (Lipinski definition) is 8. The van der Waals surface area contributed by atoms with Gasteiger partial charge in [-0.25, -0.2) is 0 Å². The number of carbonyl (C=O) groups is 3. The Morgan fingerprint density at radius 3 is 1.86 bits per heavy atom. The average molecular weight is 597 g/mol. The van der Waals surface area contributed by atoms with Crippen molar-refractivity contribution in [3.8, 4) is 0 Å². The molecule has 13 nitrogen and oxygen atoms in total. The van der Waals surface area contributed by atoms with Gasteiger partial charge in [0.2, 0.25) is 17.7 Å². The molecule has 0 unspecified atom stereocenters. The van der Waals surface area contributed by atoms with E-state index in [1.807, 2.05) is 13.8 Å². The van der Waals surface area contributed by atoms with Crippen LogP contribution in [0.2, 0.25) is 0 Å². The highest BCUT2D eigenvalue weighted by molar-refractivity contribution is 5.89. The lowest BCUT2D eigenvalue weighted by Gasteiger charge is -2.24. The molecule has 0 aromatic heterocycles. The molecule has 0 fully saturated rings. The Hall–Kier alpha value is -3.09. The second kappa shape index (κ2) is 25.6. The van der Waals surface area contributed by atoms with Gasteiger partial charge in [0.25, 0.3) is 0 Å². The molecule has 0 radical (unpaired) electrons. The van der Waals surface area contributed by atoms with Gasteiger partial charge in [0.15, 0.2) is 11.9 Å². The normalized spacial score (nSPS) is 12.3.